The normalized spacial score (nSPS) is 32.6. The Bertz CT molecular complexity index is 283. The first-order valence-electron chi connectivity index (χ1n) is 5.85. The molecule has 1 saturated heterocycles. The Morgan fingerprint density at radius 1 is 1.50 bits per heavy atom. The fourth-order valence-corrected chi connectivity index (χ4v) is 2.89. The molecule has 2 unspecified atom stereocenters. The summed E-state index contributed by atoms with van der Waals surface area (Å²) in [5.41, 5.74) is 0. The number of hydrogen-bond acceptors (Lipinski definition) is 2. The van der Waals surface area contributed by atoms with Crippen LogP contribution in [0.25, 0.3) is 0 Å². The van der Waals surface area contributed by atoms with Gasteiger partial charge in [0.25, 0.3) is 5.92 Å². The third-order valence-corrected chi connectivity index (χ3v) is 3.75. The Hall–Kier alpha value is -0.710. The number of halogens is 2. The van der Waals surface area contributed by atoms with E-state index in [1.807, 2.05) is 0 Å². The van der Waals surface area contributed by atoms with E-state index >= 15 is 0 Å². The highest BCUT2D eigenvalue weighted by Crippen LogP contribution is 2.45. The van der Waals surface area contributed by atoms with Crippen LogP contribution >= 0.6 is 0 Å². The maximum absolute atomic E-state index is 13.6. The fourth-order valence-electron chi connectivity index (χ4n) is 2.89. The maximum Gasteiger partial charge on any atom is 0.252 e. The van der Waals surface area contributed by atoms with Gasteiger partial charge in [-0.2, -0.15) is 0 Å². The molecule has 2 fully saturated rings. The first-order valence-corrected chi connectivity index (χ1v) is 5.85. The molecule has 2 atom stereocenters. The third kappa shape index (κ3) is 2.05. The van der Waals surface area contributed by atoms with Crippen molar-refractivity contribution in [2.24, 2.45) is 11.8 Å². The maximum atomic E-state index is 13.6. The zero-order valence-corrected chi connectivity index (χ0v) is 9.51. The molecule has 0 aromatic heterocycles. The summed E-state index contributed by atoms with van der Waals surface area (Å²) in [6.07, 6.45) is 1.41. The van der Waals surface area contributed by atoms with Crippen molar-refractivity contribution in [3.05, 3.63) is 0 Å². The summed E-state index contributed by atoms with van der Waals surface area (Å²) in [6.45, 7) is 0.990. The smallest absolute Gasteiger partial charge is 0.252 e. The third-order valence-electron chi connectivity index (χ3n) is 3.75. The molecule has 1 amide bonds. The second-order valence-corrected chi connectivity index (χ2v) is 4.85. The van der Waals surface area contributed by atoms with Crippen LogP contribution in [0.5, 0.6) is 0 Å². The number of alkyl halides is 2. The van der Waals surface area contributed by atoms with Crippen molar-refractivity contribution < 1.29 is 13.6 Å². The number of carbonyl (C=O) groups excluding carboxylic acids is 1. The van der Waals surface area contributed by atoms with E-state index in [1.54, 1.807) is 11.9 Å². The number of hydrogen-bond donors (Lipinski definition) is 1. The summed E-state index contributed by atoms with van der Waals surface area (Å²) < 4.78 is 27.3. The van der Waals surface area contributed by atoms with Crippen LogP contribution in [0, 0.1) is 11.8 Å². The van der Waals surface area contributed by atoms with Gasteiger partial charge in [-0.25, -0.2) is 8.78 Å². The van der Waals surface area contributed by atoms with E-state index in [2.05, 4.69) is 5.32 Å². The summed E-state index contributed by atoms with van der Waals surface area (Å²) in [6, 6.07) is 0. The number of fused-ring (bicyclic) bond motifs is 1. The van der Waals surface area contributed by atoms with Crippen LogP contribution in [0.2, 0.25) is 0 Å². The highest BCUT2D eigenvalue weighted by Gasteiger charge is 2.51. The van der Waals surface area contributed by atoms with Crippen LogP contribution in [0.15, 0.2) is 0 Å². The van der Waals surface area contributed by atoms with Gasteiger partial charge < -0.3 is 10.2 Å². The first-order chi connectivity index (χ1) is 7.54. The van der Waals surface area contributed by atoms with Crippen molar-refractivity contribution in [3.8, 4) is 0 Å². The van der Waals surface area contributed by atoms with Crippen LogP contribution in [-0.4, -0.2) is 43.4 Å². The van der Waals surface area contributed by atoms with E-state index in [9.17, 15) is 13.6 Å². The van der Waals surface area contributed by atoms with Crippen molar-refractivity contribution in [2.75, 3.05) is 26.7 Å². The zero-order chi connectivity index (χ0) is 11.8. The summed E-state index contributed by atoms with van der Waals surface area (Å²) in [7, 11) is 1.69. The van der Waals surface area contributed by atoms with Crippen LogP contribution in [0.4, 0.5) is 8.78 Å². The van der Waals surface area contributed by atoms with Crippen LogP contribution in [0.1, 0.15) is 19.3 Å². The molecule has 1 N–H and O–H groups in total. The van der Waals surface area contributed by atoms with Crippen molar-refractivity contribution >= 4 is 5.91 Å². The number of carbonyl (C=O) groups is 1. The molecule has 0 aromatic carbocycles. The van der Waals surface area contributed by atoms with Gasteiger partial charge in [-0.15, -0.1) is 0 Å². The lowest BCUT2D eigenvalue weighted by Gasteiger charge is -2.32. The van der Waals surface area contributed by atoms with Crippen molar-refractivity contribution in [1.29, 1.82) is 0 Å². The Labute approximate surface area is 94.2 Å². The lowest BCUT2D eigenvalue weighted by Crippen LogP contribution is -2.39. The average molecular weight is 232 g/mol. The molecular formula is C11H18F2N2O. The predicted molar refractivity (Wildman–Crippen MR) is 56.3 cm³/mol. The summed E-state index contributed by atoms with van der Waals surface area (Å²) in [5, 5.41) is 2.77. The molecule has 0 spiro atoms. The van der Waals surface area contributed by atoms with Gasteiger partial charge >= 0.3 is 0 Å². The Kier molecular flexibility index (Phi) is 3.15. The molecule has 92 valence electrons. The molecule has 2 rings (SSSR count). The van der Waals surface area contributed by atoms with Gasteiger partial charge in [0.15, 0.2) is 0 Å². The van der Waals surface area contributed by atoms with Gasteiger partial charge in [0.05, 0.1) is 6.54 Å². The molecule has 1 aliphatic carbocycles. The van der Waals surface area contributed by atoms with Crippen molar-refractivity contribution in [1.82, 2.24) is 10.2 Å². The van der Waals surface area contributed by atoms with E-state index in [4.69, 9.17) is 0 Å². The molecule has 3 nitrogen and oxygen atoms in total. The minimum atomic E-state index is -2.57. The van der Waals surface area contributed by atoms with Crippen molar-refractivity contribution in [2.45, 2.75) is 25.2 Å². The SMILES string of the molecule is CNCC(=O)N1CC2CCCC(F)(F)C2C1. The van der Waals surface area contributed by atoms with Crippen LogP contribution in [0.3, 0.4) is 0 Å². The van der Waals surface area contributed by atoms with Gasteiger partial charge in [-0.3, -0.25) is 4.79 Å². The molecule has 0 bridgehead atoms. The number of amides is 1. The van der Waals surface area contributed by atoms with Gasteiger partial charge in [0.2, 0.25) is 5.91 Å². The van der Waals surface area contributed by atoms with Gasteiger partial charge in [0, 0.05) is 25.4 Å². The highest BCUT2D eigenvalue weighted by molar-refractivity contribution is 5.78. The van der Waals surface area contributed by atoms with E-state index in [1.165, 1.54) is 0 Å². The first kappa shape index (κ1) is 11.8. The minimum Gasteiger partial charge on any atom is -0.341 e. The largest absolute Gasteiger partial charge is 0.341 e. The van der Waals surface area contributed by atoms with E-state index in [0.717, 1.165) is 6.42 Å². The van der Waals surface area contributed by atoms with Gasteiger partial charge in [-0.1, -0.05) is 0 Å². The van der Waals surface area contributed by atoms with Crippen molar-refractivity contribution in [3.63, 3.8) is 0 Å². The summed E-state index contributed by atoms with van der Waals surface area (Å²) >= 11 is 0. The molecular weight excluding hydrogens is 214 g/mol. The molecule has 5 heteroatoms. The summed E-state index contributed by atoms with van der Waals surface area (Å²) in [5.74, 6) is -3.24. The standard InChI is InChI=1S/C11H18F2N2O/c1-14-5-10(16)15-6-8-3-2-4-11(12,13)9(8)7-15/h8-9,14H,2-7H2,1H3. The second-order valence-electron chi connectivity index (χ2n) is 4.85. The number of rotatable bonds is 2. The quantitative estimate of drug-likeness (QED) is 0.773. The van der Waals surface area contributed by atoms with E-state index in [-0.39, 0.29) is 31.3 Å². The number of likely N-dealkylation sites (tertiary alicyclic amines) is 1. The van der Waals surface area contributed by atoms with Gasteiger partial charge in [0.1, 0.15) is 0 Å². The predicted octanol–water partition coefficient (Wildman–Crippen LogP) is 1.10. The second kappa shape index (κ2) is 4.28. The number of nitrogens with one attached hydrogen (secondary N) is 1. The molecule has 0 radical (unpaired) electrons. The zero-order valence-electron chi connectivity index (χ0n) is 9.51. The monoisotopic (exact) mass is 232 g/mol. The number of likely N-dealkylation sites (N-methyl/N-ethyl adjacent to an activating group) is 1. The summed E-state index contributed by atoms with van der Waals surface area (Å²) in [4.78, 5) is 13.2. The van der Waals surface area contributed by atoms with E-state index < -0.39 is 11.8 Å². The topological polar surface area (TPSA) is 32.3 Å². The van der Waals surface area contributed by atoms with Crippen LogP contribution in [-0.2, 0) is 4.79 Å². The molecule has 0 aromatic rings. The molecule has 1 saturated carbocycles. The van der Waals surface area contributed by atoms with Crippen LogP contribution < -0.4 is 5.32 Å². The number of nitrogens with zero attached hydrogens (tertiary/aromatic N) is 1. The molecule has 1 aliphatic heterocycles. The minimum absolute atomic E-state index is 0.00422. The molecule has 1 heterocycles. The molecule has 2 aliphatic rings. The Morgan fingerprint density at radius 3 is 2.88 bits per heavy atom. The Morgan fingerprint density at radius 2 is 2.25 bits per heavy atom. The fraction of sp³-hybridized carbons (Fsp3) is 0.909. The molecule has 16 heavy (non-hydrogen) atoms. The average Bonchev–Trinajstić information content (AvgIpc) is 2.63. The Balaban J connectivity index is 2.02. The van der Waals surface area contributed by atoms with E-state index in [0.29, 0.717) is 13.0 Å². The lowest BCUT2D eigenvalue weighted by atomic mass is 9.79. The van der Waals surface area contributed by atoms with Gasteiger partial charge in [-0.05, 0) is 25.8 Å². The highest BCUT2D eigenvalue weighted by atomic mass is 19.3. The lowest BCUT2D eigenvalue weighted by molar-refractivity contribution is -0.130.